The predicted octanol–water partition coefficient (Wildman–Crippen LogP) is -0.988. The molecular weight excluding hydrogens is 427 g/mol. The van der Waals surface area contributed by atoms with Crippen LogP contribution in [-0.4, -0.2) is 55.0 Å². The molecule has 0 radical (unpaired) electrons. The van der Waals surface area contributed by atoms with Crippen LogP contribution in [-0.2, 0) is 16.0 Å². The molecule has 0 bridgehead atoms. The first kappa shape index (κ1) is 27.5. The summed E-state index contributed by atoms with van der Waals surface area (Å²) < 4.78 is 0. The second-order valence-electron chi connectivity index (χ2n) is 8.15. The number of likely N-dealkylation sites (tertiary alicyclic amines) is 1. The summed E-state index contributed by atoms with van der Waals surface area (Å²) in [5, 5.41) is 15.2. The molecule has 0 saturated carbocycles. The normalized spacial score (nSPS) is 14.0. The van der Waals surface area contributed by atoms with Crippen molar-refractivity contribution >= 4 is 29.3 Å². The van der Waals surface area contributed by atoms with Crippen molar-refractivity contribution in [2.24, 2.45) is 0 Å². The molecule has 1 saturated heterocycles. The van der Waals surface area contributed by atoms with E-state index in [1.165, 1.54) is 5.56 Å². The van der Waals surface area contributed by atoms with Crippen LogP contribution in [0.2, 0.25) is 0 Å². The molecule has 2 aromatic rings. The Labute approximate surface area is 212 Å². The molecule has 3 amide bonds. The van der Waals surface area contributed by atoms with E-state index in [0.29, 0.717) is 12.1 Å². The molecular formula is C25H31LiN4O4. The van der Waals surface area contributed by atoms with Gasteiger partial charge in [0.1, 0.15) is 0 Å². The molecule has 0 spiro atoms. The molecule has 1 heterocycles. The topological polar surface area (TPSA) is 105 Å². The molecule has 8 nitrogen and oxygen atoms in total. The Kier molecular flexibility index (Phi) is 11.1. The van der Waals surface area contributed by atoms with Crippen LogP contribution < -0.4 is 39.5 Å². The first-order chi connectivity index (χ1) is 16.0. The zero-order valence-corrected chi connectivity index (χ0v) is 20.0. The van der Waals surface area contributed by atoms with Gasteiger partial charge in [-0.1, -0.05) is 37.3 Å². The van der Waals surface area contributed by atoms with Crippen molar-refractivity contribution in [3.63, 3.8) is 0 Å². The Morgan fingerprint density at radius 1 is 1.03 bits per heavy atom. The van der Waals surface area contributed by atoms with E-state index in [0.717, 1.165) is 44.6 Å². The van der Waals surface area contributed by atoms with Crippen LogP contribution in [0.1, 0.15) is 31.7 Å². The van der Waals surface area contributed by atoms with Crippen molar-refractivity contribution in [3.05, 3.63) is 60.2 Å². The maximum absolute atomic E-state index is 12.8. The maximum Gasteiger partial charge on any atom is 1.00 e. The minimum Gasteiger partial charge on any atom is -0.548 e. The Hall–Kier alpha value is -2.79. The molecule has 34 heavy (non-hydrogen) atoms. The number of carboxylic acid groups (broad SMARTS) is 1. The number of nitrogens with zero attached hydrogens (tertiary/aromatic N) is 2. The van der Waals surface area contributed by atoms with Gasteiger partial charge in [0, 0.05) is 43.5 Å². The predicted molar refractivity (Wildman–Crippen MR) is 126 cm³/mol. The maximum atomic E-state index is 12.8. The summed E-state index contributed by atoms with van der Waals surface area (Å²) in [6.07, 6.45) is 3.26. The van der Waals surface area contributed by atoms with Crippen molar-refractivity contribution in [2.75, 3.05) is 36.4 Å². The van der Waals surface area contributed by atoms with Gasteiger partial charge in [-0.05, 0) is 49.1 Å². The number of nitrogens with one attached hydrogen (secondary N) is 2. The number of piperidine rings is 1. The summed E-state index contributed by atoms with van der Waals surface area (Å²) in [5.74, 6) is -1.29. The first-order valence-electron chi connectivity index (χ1n) is 11.4. The van der Waals surface area contributed by atoms with E-state index in [4.69, 9.17) is 0 Å². The van der Waals surface area contributed by atoms with Gasteiger partial charge >= 0.3 is 24.9 Å². The Bertz CT molecular complexity index is 932. The number of carboxylic acids is 1. The zero-order valence-electron chi connectivity index (χ0n) is 20.0. The number of aliphatic carboxylic acids is 1. The second-order valence-corrected chi connectivity index (χ2v) is 8.15. The van der Waals surface area contributed by atoms with Crippen molar-refractivity contribution in [1.29, 1.82) is 0 Å². The molecule has 176 valence electrons. The monoisotopic (exact) mass is 458 g/mol. The van der Waals surface area contributed by atoms with Crippen molar-refractivity contribution in [2.45, 2.75) is 38.6 Å². The summed E-state index contributed by atoms with van der Waals surface area (Å²) in [4.78, 5) is 39.3. The standard InChI is InChI=1S/C25H32N4O4.Li/c1-2-23(30)29(21-10-8-20(9-11-21)27-25(33)26-18-24(31)32)22-13-16-28(17-14-22)15-12-19-6-4-3-5-7-19;/h3-11,22H,2,12-18H2,1H3,(H,31,32)(H2,26,27,33);/q;+1/p-1. The minimum atomic E-state index is -1.36. The molecule has 2 N–H and O–H groups in total. The van der Waals surface area contributed by atoms with E-state index < -0.39 is 18.5 Å². The van der Waals surface area contributed by atoms with E-state index in [-0.39, 0.29) is 30.8 Å². The van der Waals surface area contributed by atoms with Gasteiger partial charge in [0.2, 0.25) is 5.91 Å². The molecule has 9 heteroatoms. The Balaban J connectivity index is 0.00000408. The van der Waals surface area contributed by atoms with Crippen LogP contribution in [0.25, 0.3) is 0 Å². The van der Waals surface area contributed by atoms with E-state index >= 15 is 0 Å². The molecule has 1 aliphatic rings. The first-order valence-corrected chi connectivity index (χ1v) is 11.4. The molecule has 3 rings (SSSR count). The fourth-order valence-electron chi connectivity index (χ4n) is 4.09. The SMILES string of the molecule is CCC(=O)N(c1ccc(NC(=O)NCC(=O)[O-])cc1)C1CCN(CCc2ccccc2)CC1.[Li+]. The average molecular weight is 458 g/mol. The van der Waals surface area contributed by atoms with E-state index in [1.54, 1.807) is 12.1 Å². The molecule has 1 aliphatic heterocycles. The van der Waals surface area contributed by atoms with Crippen LogP contribution in [0.4, 0.5) is 16.2 Å². The molecule has 0 unspecified atom stereocenters. The van der Waals surface area contributed by atoms with Crippen molar-refractivity contribution < 1.29 is 38.4 Å². The van der Waals surface area contributed by atoms with Crippen LogP contribution in [0, 0.1) is 0 Å². The molecule has 0 aliphatic carbocycles. The van der Waals surface area contributed by atoms with E-state index in [1.807, 2.05) is 30.0 Å². The van der Waals surface area contributed by atoms with Crippen LogP contribution in [0.15, 0.2) is 54.6 Å². The number of hydrogen-bond donors (Lipinski definition) is 2. The number of carbonyl (C=O) groups is 3. The quantitative estimate of drug-likeness (QED) is 0.470. The number of anilines is 2. The largest absolute Gasteiger partial charge is 1.00 e. The number of urea groups is 1. The van der Waals surface area contributed by atoms with Gasteiger partial charge in [0.05, 0.1) is 12.5 Å². The summed E-state index contributed by atoms with van der Waals surface area (Å²) >= 11 is 0. The van der Waals surface area contributed by atoms with Gasteiger partial charge in [0.25, 0.3) is 0 Å². The van der Waals surface area contributed by atoms with Gasteiger partial charge in [-0.25, -0.2) is 4.79 Å². The fourth-order valence-corrected chi connectivity index (χ4v) is 4.09. The van der Waals surface area contributed by atoms with Crippen LogP contribution in [0.5, 0.6) is 0 Å². The van der Waals surface area contributed by atoms with Crippen LogP contribution >= 0.6 is 0 Å². The van der Waals surface area contributed by atoms with Crippen LogP contribution in [0.3, 0.4) is 0 Å². The van der Waals surface area contributed by atoms with Gasteiger partial charge in [0.15, 0.2) is 0 Å². The van der Waals surface area contributed by atoms with Crippen molar-refractivity contribution in [1.82, 2.24) is 10.2 Å². The summed E-state index contributed by atoms with van der Waals surface area (Å²) in [6, 6.07) is 17.0. The average Bonchev–Trinajstić information content (AvgIpc) is 2.84. The number of hydrogen-bond acceptors (Lipinski definition) is 5. The number of carbonyl (C=O) groups excluding carboxylic acids is 3. The van der Waals surface area contributed by atoms with Crippen molar-refractivity contribution in [3.8, 4) is 0 Å². The zero-order chi connectivity index (χ0) is 23.6. The molecule has 2 aromatic carbocycles. The third kappa shape index (κ3) is 8.21. The fraction of sp³-hybridized carbons (Fsp3) is 0.400. The van der Waals surface area contributed by atoms with Gasteiger partial charge in [-0.3, -0.25) is 4.79 Å². The third-order valence-corrected chi connectivity index (χ3v) is 5.85. The Morgan fingerprint density at radius 3 is 2.26 bits per heavy atom. The minimum absolute atomic E-state index is 0. The summed E-state index contributed by atoms with van der Waals surface area (Å²) in [7, 11) is 0. The van der Waals surface area contributed by atoms with Gasteiger partial charge < -0.3 is 30.3 Å². The smallest absolute Gasteiger partial charge is 0.548 e. The number of rotatable bonds is 9. The molecule has 0 aromatic heterocycles. The van der Waals surface area contributed by atoms with E-state index in [9.17, 15) is 19.5 Å². The summed E-state index contributed by atoms with van der Waals surface area (Å²) in [6.45, 7) is 4.21. The molecule has 1 fully saturated rings. The number of amides is 3. The van der Waals surface area contributed by atoms with E-state index in [2.05, 4.69) is 39.8 Å². The van der Waals surface area contributed by atoms with Gasteiger partial charge in [-0.15, -0.1) is 0 Å². The summed E-state index contributed by atoms with van der Waals surface area (Å²) in [5.41, 5.74) is 2.64. The second kappa shape index (κ2) is 13.8. The van der Waals surface area contributed by atoms with Gasteiger partial charge in [-0.2, -0.15) is 0 Å². The third-order valence-electron chi connectivity index (χ3n) is 5.85. The Morgan fingerprint density at radius 2 is 1.68 bits per heavy atom. The number of benzene rings is 2. The molecule has 0 atom stereocenters.